The average Bonchev–Trinajstić information content (AvgIpc) is 3.03. The first-order valence-corrected chi connectivity index (χ1v) is 9.76. The van der Waals surface area contributed by atoms with E-state index in [2.05, 4.69) is 15.0 Å². The minimum atomic E-state index is -0.489. The lowest BCUT2D eigenvalue weighted by atomic mass is 10.2. The summed E-state index contributed by atoms with van der Waals surface area (Å²) in [5, 5.41) is 2.35. The van der Waals surface area contributed by atoms with Crippen LogP contribution in [0.2, 0.25) is 0 Å². The van der Waals surface area contributed by atoms with Gasteiger partial charge in [0, 0.05) is 5.39 Å². The number of nitrogen functional groups attached to an aromatic ring is 1. The third-order valence-electron chi connectivity index (χ3n) is 4.20. The topological polar surface area (TPSA) is 104 Å². The summed E-state index contributed by atoms with van der Waals surface area (Å²) < 4.78 is 10.7. The number of carbonyl (C=O) groups is 1. The molecule has 0 aliphatic carbocycles. The van der Waals surface area contributed by atoms with Crippen LogP contribution >= 0.6 is 11.8 Å². The molecule has 3 heterocycles. The van der Waals surface area contributed by atoms with Crippen molar-refractivity contribution in [2.75, 3.05) is 12.3 Å². The number of ether oxygens (including phenoxy) is 1. The van der Waals surface area contributed by atoms with E-state index in [1.807, 2.05) is 36.4 Å². The van der Waals surface area contributed by atoms with Gasteiger partial charge in [-0.2, -0.15) is 4.98 Å². The summed E-state index contributed by atoms with van der Waals surface area (Å²) in [6.07, 6.45) is 0. The van der Waals surface area contributed by atoms with Crippen LogP contribution in [0.1, 0.15) is 28.9 Å². The minimum Gasteiger partial charge on any atom is -0.462 e. The molecule has 8 heteroatoms. The molecule has 2 N–H and O–H groups in total. The number of fused-ring (bicyclic) bond motifs is 2. The van der Waals surface area contributed by atoms with Crippen molar-refractivity contribution in [2.45, 2.75) is 24.6 Å². The third kappa shape index (κ3) is 3.38. The van der Waals surface area contributed by atoms with Crippen molar-refractivity contribution in [1.29, 1.82) is 0 Å². The highest BCUT2D eigenvalue weighted by Crippen LogP contribution is 2.30. The zero-order chi connectivity index (χ0) is 19.7. The molecule has 0 saturated heterocycles. The van der Waals surface area contributed by atoms with Crippen LogP contribution in [0, 0.1) is 6.92 Å². The van der Waals surface area contributed by atoms with Crippen molar-refractivity contribution in [2.24, 2.45) is 0 Å². The highest BCUT2D eigenvalue weighted by molar-refractivity contribution is 7.98. The van der Waals surface area contributed by atoms with Gasteiger partial charge in [-0.1, -0.05) is 36.0 Å². The van der Waals surface area contributed by atoms with Crippen LogP contribution in [-0.4, -0.2) is 27.5 Å². The Labute approximate surface area is 165 Å². The van der Waals surface area contributed by atoms with Crippen molar-refractivity contribution in [3.63, 3.8) is 0 Å². The van der Waals surface area contributed by atoms with Gasteiger partial charge < -0.3 is 14.9 Å². The second kappa shape index (κ2) is 7.47. The van der Waals surface area contributed by atoms with Gasteiger partial charge in [-0.3, -0.25) is 0 Å². The van der Waals surface area contributed by atoms with Crippen molar-refractivity contribution in [1.82, 2.24) is 15.0 Å². The third-order valence-corrected chi connectivity index (χ3v) is 5.13. The number of carbonyl (C=O) groups excluding carboxylic acids is 1. The zero-order valence-electron chi connectivity index (χ0n) is 15.4. The van der Waals surface area contributed by atoms with Crippen LogP contribution in [0.5, 0.6) is 0 Å². The number of aromatic nitrogens is 3. The normalized spacial score (nSPS) is 11.2. The van der Waals surface area contributed by atoms with Gasteiger partial charge in [0.1, 0.15) is 23.0 Å². The predicted molar refractivity (Wildman–Crippen MR) is 108 cm³/mol. The Morgan fingerprint density at radius 2 is 2.00 bits per heavy atom. The molecule has 0 atom stereocenters. The van der Waals surface area contributed by atoms with Gasteiger partial charge in [0.05, 0.1) is 28.3 Å². The molecule has 0 aliphatic rings. The van der Waals surface area contributed by atoms with Gasteiger partial charge in [-0.25, -0.2) is 14.8 Å². The lowest BCUT2D eigenvalue weighted by Crippen LogP contribution is -2.07. The van der Waals surface area contributed by atoms with Gasteiger partial charge in [0.25, 0.3) is 0 Å². The number of thioether (sulfide) groups is 1. The molecular formula is C20H18N4O3S. The van der Waals surface area contributed by atoms with Crippen LogP contribution in [0.25, 0.3) is 22.0 Å². The van der Waals surface area contributed by atoms with Crippen molar-refractivity contribution in [3.8, 4) is 0 Å². The van der Waals surface area contributed by atoms with E-state index in [-0.39, 0.29) is 23.7 Å². The quantitative estimate of drug-likeness (QED) is 0.398. The number of esters is 1. The number of hydrogen-bond acceptors (Lipinski definition) is 8. The molecule has 0 spiro atoms. The fourth-order valence-electron chi connectivity index (χ4n) is 2.96. The van der Waals surface area contributed by atoms with Gasteiger partial charge in [0.15, 0.2) is 0 Å². The Balaban J connectivity index is 1.61. The Bertz CT molecular complexity index is 1190. The Morgan fingerprint density at radius 1 is 1.18 bits per heavy atom. The second-order valence-electron chi connectivity index (χ2n) is 6.09. The standard InChI is InChI=1S/C20H18N4O3S/c1-3-26-20(25)16-11(2)27-19-17(16)18(21)23-14(24-19)10-28-15-9-8-12-6-4-5-7-13(12)22-15/h4-9H,3,10H2,1-2H3,(H2,21,23,24). The van der Waals surface area contributed by atoms with Crippen molar-refractivity contribution in [3.05, 3.63) is 53.5 Å². The Morgan fingerprint density at radius 3 is 2.82 bits per heavy atom. The number of pyridine rings is 1. The first-order valence-electron chi connectivity index (χ1n) is 8.78. The summed E-state index contributed by atoms with van der Waals surface area (Å²) in [5.74, 6) is 1.10. The molecule has 7 nitrogen and oxygen atoms in total. The van der Waals surface area contributed by atoms with Crippen LogP contribution < -0.4 is 5.73 Å². The molecule has 142 valence electrons. The average molecular weight is 394 g/mol. The number of anilines is 1. The van der Waals surface area contributed by atoms with E-state index in [0.717, 1.165) is 15.9 Å². The highest BCUT2D eigenvalue weighted by atomic mass is 32.2. The van der Waals surface area contributed by atoms with E-state index < -0.39 is 5.97 Å². The molecule has 0 bridgehead atoms. The number of benzene rings is 1. The molecule has 3 aromatic heterocycles. The minimum absolute atomic E-state index is 0.201. The molecule has 4 rings (SSSR count). The Hall–Kier alpha value is -3.13. The monoisotopic (exact) mass is 394 g/mol. The molecule has 0 amide bonds. The number of nitrogens with two attached hydrogens (primary N) is 1. The summed E-state index contributed by atoms with van der Waals surface area (Å²) in [5.41, 5.74) is 7.61. The maximum Gasteiger partial charge on any atom is 0.342 e. The second-order valence-corrected chi connectivity index (χ2v) is 7.09. The SMILES string of the molecule is CCOC(=O)c1c(C)oc2nc(CSc3ccc4ccccc4n3)nc(N)c12. The lowest BCUT2D eigenvalue weighted by Gasteiger charge is -2.04. The summed E-state index contributed by atoms with van der Waals surface area (Å²) >= 11 is 1.51. The summed E-state index contributed by atoms with van der Waals surface area (Å²) in [6.45, 7) is 3.69. The van der Waals surface area contributed by atoms with E-state index in [1.165, 1.54) is 11.8 Å². The van der Waals surface area contributed by atoms with Crippen molar-refractivity contribution >= 4 is 45.6 Å². The largest absolute Gasteiger partial charge is 0.462 e. The molecule has 0 aliphatic heterocycles. The summed E-state index contributed by atoms with van der Waals surface area (Å²) in [7, 11) is 0. The summed E-state index contributed by atoms with van der Waals surface area (Å²) in [6, 6.07) is 11.9. The van der Waals surface area contributed by atoms with E-state index in [0.29, 0.717) is 22.7 Å². The first-order chi connectivity index (χ1) is 13.6. The fourth-order valence-corrected chi connectivity index (χ4v) is 3.70. The van der Waals surface area contributed by atoms with E-state index >= 15 is 0 Å². The van der Waals surface area contributed by atoms with Crippen LogP contribution in [0.4, 0.5) is 5.82 Å². The maximum absolute atomic E-state index is 12.2. The number of aryl methyl sites for hydroxylation is 1. The molecule has 0 saturated carbocycles. The van der Waals surface area contributed by atoms with Gasteiger partial charge in [-0.15, -0.1) is 0 Å². The van der Waals surface area contributed by atoms with Gasteiger partial charge >= 0.3 is 5.97 Å². The van der Waals surface area contributed by atoms with E-state index in [4.69, 9.17) is 14.9 Å². The van der Waals surface area contributed by atoms with Crippen LogP contribution in [0.15, 0.2) is 45.8 Å². The molecule has 0 unspecified atom stereocenters. The zero-order valence-corrected chi connectivity index (χ0v) is 16.2. The number of para-hydroxylation sites is 1. The lowest BCUT2D eigenvalue weighted by molar-refractivity contribution is 0.0526. The Kier molecular flexibility index (Phi) is 4.87. The molecule has 1 aromatic carbocycles. The maximum atomic E-state index is 12.2. The summed E-state index contributed by atoms with van der Waals surface area (Å²) in [4.78, 5) is 25.6. The van der Waals surface area contributed by atoms with Crippen LogP contribution in [-0.2, 0) is 10.5 Å². The fraction of sp³-hybridized carbons (Fsp3) is 0.200. The van der Waals surface area contributed by atoms with Gasteiger partial charge in [0.2, 0.25) is 5.71 Å². The molecular weight excluding hydrogens is 376 g/mol. The van der Waals surface area contributed by atoms with Crippen LogP contribution in [0.3, 0.4) is 0 Å². The van der Waals surface area contributed by atoms with E-state index in [1.54, 1.807) is 13.8 Å². The van der Waals surface area contributed by atoms with E-state index in [9.17, 15) is 4.79 Å². The smallest absolute Gasteiger partial charge is 0.342 e. The van der Waals surface area contributed by atoms with Crippen molar-refractivity contribution < 1.29 is 13.9 Å². The first kappa shape index (κ1) is 18.2. The molecule has 0 fully saturated rings. The number of rotatable bonds is 5. The highest BCUT2D eigenvalue weighted by Gasteiger charge is 2.23. The molecule has 4 aromatic rings. The molecule has 28 heavy (non-hydrogen) atoms. The molecule has 0 radical (unpaired) electrons. The predicted octanol–water partition coefficient (Wildman–Crippen LogP) is 4.13. The van der Waals surface area contributed by atoms with Gasteiger partial charge in [-0.05, 0) is 26.0 Å². The number of nitrogens with zero attached hydrogens (tertiary/aromatic N) is 3. The number of hydrogen-bond donors (Lipinski definition) is 1. The number of furan rings is 1.